The van der Waals surface area contributed by atoms with E-state index in [-0.39, 0.29) is 10.1 Å². The van der Waals surface area contributed by atoms with Crippen molar-refractivity contribution >= 4 is 32.0 Å². The Kier molecular flexibility index (Phi) is 6.37. The molecule has 0 aliphatic rings. The van der Waals surface area contributed by atoms with E-state index in [1.807, 2.05) is 0 Å². The summed E-state index contributed by atoms with van der Waals surface area (Å²) in [5.74, 6) is 0.519. The van der Waals surface area contributed by atoms with E-state index in [0.29, 0.717) is 10.1 Å². The topological polar surface area (TPSA) is 77.0 Å². The molecule has 18 heavy (non-hydrogen) atoms. The van der Waals surface area contributed by atoms with Gasteiger partial charge in [-0.25, -0.2) is 8.42 Å². The highest BCUT2D eigenvalue weighted by molar-refractivity contribution is 7.94. The Hall–Kier alpha value is -0.340. The van der Waals surface area contributed by atoms with Crippen LogP contribution in [0.15, 0.2) is 8.68 Å². The predicted octanol–water partition coefficient (Wildman–Crippen LogP) is 2.02. The zero-order valence-corrected chi connectivity index (χ0v) is 13.0. The molecule has 1 aromatic heterocycles. The van der Waals surface area contributed by atoms with Crippen molar-refractivity contribution in [2.24, 2.45) is 0 Å². The monoisotopic (exact) mass is 310 g/mol. The smallest absolute Gasteiger partial charge is 0.233 e. The van der Waals surface area contributed by atoms with Crippen molar-refractivity contribution in [1.29, 1.82) is 0 Å². The van der Waals surface area contributed by atoms with Gasteiger partial charge in [0.15, 0.2) is 0 Å². The molecule has 1 aromatic rings. The van der Waals surface area contributed by atoms with Gasteiger partial charge in [0.2, 0.25) is 18.5 Å². The van der Waals surface area contributed by atoms with E-state index in [0.717, 1.165) is 37.0 Å². The highest BCUT2D eigenvalue weighted by Gasteiger charge is 2.20. The van der Waals surface area contributed by atoms with Crippen LogP contribution in [0.2, 0.25) is 0 Å². The highest BCUT2D eigenvalue weighted by atomic mass is 32.2. The van der Waals surface area contributed by atoms with Crippen LogP contribution < -0.4 is 0 Å². The average Bonchev–Trinajstić information content (AvgIpc) is 2.84. The van der Waals surface area contributed by atoms with Gasteiger partial charge in [0.1, 0.15) is 0 Å². The van der Waals surface area contributed by atoms with E-state index in [2.05, 4.69) is 17.1 Å². The van der Waals surface area contributed by atoms with Gasteiger partial charge in [-0.15, -0.1) is 10.2 Å². The van der Waals surface area contributed by atoms with Gasteiger partial charge in [0, 0.05) is 5.75 Å². The van der Waals surface area contributed by atoms with Crippen LogP contribution >= 0.6 is 11.3 Å². The van der Waals surface area contributed by atoms with Gasteiger partial charge >= 0.3 is 0 Å². The molecule has 0 aliphatic heterocycles. The second-order valence-electron chi connectivity index (χ2n) is 3.85. The van der Waals surface area contributed by atoms with Gasteiger partial charge in [-0.3, -0.25) is 4.21 Å². The Morgan fingerprint density at radius 3 is 2.50 bits per heavy atom. The molecule has 0 saturated carbocycles. The summed E-state index contributed by atoms with van der Waals surface area (Å²) in [6.07, 6.45) is 4.17. The van der Waals surface area contributed by atoms with Crippen LogP contribution in [0.1, 0.15) is 39.5 Å². The predicted molar refractivity (Wildman–Crippen MR) is 73.1 cm³/mol. The quantitative estimate of drug-likeness (QED) is 0.687. The third-order valence-corrected chi connectivity index (χ3v) is 7.25. The maximum absolute atomic E-state index is 11.9. The van der Waals surface area contributed by atoms with Gasteiger partial charge in [-0.1, -0.05) is 44.4 Å². The lowest BCUT2D eigenvalue weighted by molar-refractivity contribution is 0.595. The second-order valence-corrected chi connectivity index (χ2v) is 9.02. The van der Waals surface area contributed by atoms with Gasteiger partial charge in [0.25, 0.3) is 0 Å². The van der Waals surface area contributed by atoms with Crippen molar-refractivity contribution in [2.75, 3.05) is 11.5 Å². The molecule has 1 rings (SSSR count). The minimum absolute atomic E-state index is 0.00916. The molecule has 1 unspecified atom stereocenters. The molecule has 5 nitrogen and oxygen atoms in total. The standard InChI is InChI=1S/C10H18N2O3S3/c1-3-5-6-7-8-17(13)9-11-12-10(16-9)18(14,15)4-2/h3-8H2,1-2H3. The number of sulfone groups is 1. The largest absolute Gasteiger partial charge is 0.252 e. The Balaban J connectivity index is 2.60. The van der Waals surface area contributed by atoms with Crippen molar-refractivity contribution < 1.29 is 12.6 Å². The molecular formula is C10H18N2O3S3. The van der Waals surface area contributed by atoms with Crippen LogP contribution in [0, 0.1) is 0 Å². The molecule has 0 fully saturated rings. The van der Waals surface area contributed by atoms with Crippen LogP contribution in [-0.4, -0.2) is 34.3 Å². The summed E-state index contributed by atoms with van der Waals surface area (Å²) in [6.45, 7) is 3.67. The fourth-order valence-electron chi connectivity index (χ4n) is 1.29. The summed E-state index contributed by atoms with van der Waals surface area (Å²) < 4.78 is 35.2. The number of hydrogen-bond donors (Lipinski definition) is 0. The first-order valence-electron chi connectivity index (χ1n) is 5.96. The number of nitrogens with zero attached hydrogens (tertiary/aromatic N) is 2. The van der Waals surface area contributed by atoms with E-state index >= 15 is 0 Å². The van der Waals surface area contributed by atoms with Gasteiger partial charge < -0.3 is 0 Å². The first-order chi connectivity index (χ1) is 8.51. The van der Waals surface area contributed by atoms with Crippen molar-refractivity contribution in [3.63, 3.8) is 0 Å². The molecule has 0 spiro atoms. The zero-order chi connectivity index (χ0) is 13.6. The molecule has 0 amide bonds. The number of rotatable bonds is 8. The van der Waals surface area contributed by atoms with Crippen LogP contribution in [0.25, 0.3) is 0 Å². The van der Waals surface area contributed by atoms with Crippen LogP contribution in [0.3, 0.4) is 0 Å². The Bertz CT molecular complexity index is 496. The first kappa shape index (κ1) is 15.7. The molecule has 104 valence electrons. The zero-order valence-electron chi connectivity index (χ0n) is 10.6. The van der Waals surface area contributed by atoms with E-state index in [1.54, 1.807) is 6.92 Å². The first-order valence-corrected chi connectivity index (χ1v) is 9.74. The minimum Gasteiger partial charge on any atom is -0.252 e. The third-order valence-electron chi connectivity index (χ3n) is 2.41. The molecular weight excluding hydrogens is 292 g/mol. The maximum atomic E-state index is 11.9. The van der Waals surface area contributed by atoms with Crippen molar-refractivity contribution in [3.05, 3.63) is 0 Å². The highest BCUT2D eigenvalue weighted by Crippen LogP contribution is 2.20. The molecule has 0 radical (unpaired) electrons. The summed E-state index contributed by atoms with van der Waals surface area (Å²) in [4.78, 5) is 0. The van der Waals surface area contributed by atoms with Crippen molar-refractivity contribution in [3.8, 4) is 0 Å². The lowest BCUT2D eigenvalue weighted by Gasteiger charge is -1.97. The molecule has 1 atom stereocenters. The fraction of sp³-hybridized carbons (Fsp3) is 0.800. The number of hydrogen-bond acceptors (Lipinski definition) is 6. The van der Waals surface area contributed by atoms with E-state index < -0.39 is 20.6 Å². The van der Waals surface area contributed by atoms with E-state index in [9.17, 15) is 12.6 Å². The minimum atomic E-state index is -3.33. The molecule has 0 aliphatic carbocycles. The lowest BCUT2D eigenvalue weighted by Crippen LogP contribution is -2.02. The van der Waals surface area contributed by atoms with Gasteiger partial charge in [0.05, 0.1) is 16.6 Å². The summed E-state index contributed by atoms with van der Waals surface area (Å²) in [7, 11) is -4.55. The lowest BCUT2D eigenvalue weighted by atomic mass is 10.2. The van der Waals surface area contributed by atoms with Gasteiger partial charge in [-0.2, -0.15) is 0 Å². The van der Waals surface area contributed by atoms with E-state index in [4.69, 9.17) is 0 Å². The molecule has 0 aromatic carbocycles. The average molecular weight is 310 g/mol. The van der Waals surface area contributed by atoms with Crippen LogP contribution in [-0.2, 0) is 20.6 Å². The Labute approximate surface area is 114 Å². The maximum Gasteiger partial charge on any atom is 0.233 e. The third kappa shape index (κ3) is 4.40. The van der Waals surface area contributed by atoms with E-state index in [1.165, 1.54) is 0 Å². The Morgan fingerprint density at radius 2 is 1.89 bits per heavy atom. The van der Waals surface area contributed by atoms with Gasteiger partial charge in [-0.05, 0) is 6.42 Å². The summed E-state index contributed by atoms with van der Waals surface area (Å²) in [5, 5.41) is 7.33. The molecule has 1 heterocycles. The summed E-state index contributed by atoms with van der Waals surface area (Å²) in [5.41, 5.74) is 0. The SMILES string of the molecule is CCCCCCS(=O)c1nnc(S(=O)(=O)CC)s1. The Morgan fingerprint density at radius 1 is 1.17 bits per heavy atom. The molecule has 0 saturated heterocycles. The summed E-state index contributed by atoms with van der Waals surface area (Å²) in [6, 6.07) is 0. The second kappa shape index (κ2) is 7.30. The van der Waals surface area contributed by atoms with Crippen LogP contribution in [0.4, 0.5) is 0 Å². The molecule has 0 N–H and O–H groups in total. The molecule has 0 bridgehead atoms. The molecule has 8 heteroatoms. The van der Waals surface area contributed by atoms with Crippen molar-refractivity contribution in [2.45, 2.75) is 48.2 Å². The normalized spacial score (nSPS) is 13.7. The van der Waals surface area contributed by atoms with Crippen LogP contribution in [0.5, 0.6) is 0 Å². The van der Waals surface area contributed by atoms with Crippen molar-refractivity contribution in [1.82, 2.24) is 10.2 Å². The fourth-order valence-corrected chi connectivity index (χ4v) is 4.90. The summed E-state index contributed by atoms with van der Waals surface area (Å²) >= 11 is 0.926. The number of unbranched alkanes of at least 4 members (excludes halogenated alkanes) is 3. The number of aromatic nitrogens is 2.